The summed E-state index contributed by atoms with van der Waals surface area (Å²) in [6, 6.07) is 8.54. The van der Waals surface area contributed by atoms with Crippen molar-refractivity contribution in [1.82, 2.24) is 19.6 Å². The Morgan fingerprint density at radius 2 is 1.79 bits per heavy atom. The number of hydrogen-bond donors (Lipinski definition) is 0. The van der Waals surface area contributed by atoms with Crippen molar-refractivity contribution in [2.75, 3.05) is 7.05 Å². The van der Waals surface area contributed by atoms with E-state index < -0.39 is 17.6 Å². The summed E-state index contributed by atoms with van der Waals surface area (Å²) in [6.45, 7) is -0.185. The Kier molecular flexibility index (Phi) is 6.10. The molecule has 0 saturated carbocycles. The minimum Gasteiger partial charge on any atom is -0.300 e. The number of rotatable bonds is 4. The zero-order valence-corrected chi connectivity index (χ0v) is 21.2. The van der Waals surface area contributed by atoms with E-state index in [4.69, 9.17) is 0 Å². The van der Waals surface area contributed by atoms with Crippen molar-refractivity contribution in [2.45, 2.75) is 56.5 Å². The highest BCUT2D eigenvalue weighted by molar-refractivity contribution is 8.18. The zero-order valence-electron chi connectivity index (χ0n) is 20.4. The quantitative estimate of drug-likeness (QED) is 0.302. The molecule has 3 aliphatic heterocycles. The van der Waals surface area contributed by atoms with Crippen molar-refractivity contribution in [1.29, 1.82) is 0 Å². The van der Waals surface area contributed by atoms with E-state index in [9.17, 15) is 27.2 Å². The molecule has 3 aromatic rings. The van der Waals surface area contributed by atoms with Gasteiger partial charge < -0.3 is 4.90 Å². The fourth-order valence-corrected chi connectivity index (χ4v) is 6.87. The van der Waals surface area contributed by atoms with Crippen LogP contribution < -0.4 is 0 Å². The molecule has 3 aliphatic rings. The van der Waals surface area contributed by atoms with Gasteiger partial charge in [-0.05, 0) is 86.0 Å². The Balaban J connectivity index is 1.23. The first kappa shape index (κ1) is 25.1. The van der Waals surface area contributed by atoms with Gasteiger partial charge in [0.15, 0.2) is 0 Å². The van der Waals surface area contributed by atoms with Crippen LogP contribution in [0.1, 0.15) is 42.4 Å². The van der Waals surface area contributed by atoms with Gasteiger partial charge in [-0.2, -0.15) is 18.3 Å². The van der Waals surface area contributed by atoms with E-state index in [1.165, 1.54) is 15.8 Å². The molecule has 38 heavy (non-hydrogen) atoms. The van der Waals surface area contributed by atoms with E-state index in [0.717, 1.165) is 49.6 Å². The number of piperidine rings is 1. The second kappa shape index (κ2) is 9.23. The summed E-state index contributed by atoms with van der Waals surface area (Å²) < 4.78 is 55.2. The molecule has 3 fully saturated rings. The third-order valence-corrected chi connectivity index (χ3v) is 8.81. The molecule has 3 atom stereocenters. The molecular weight excluding hydrogens is 520 g/mol. The molecule has 198 valence electrons. The molecule has 2 bridgehead atoms. The molecule has 2 amide bonds. The van der Waals surface area contributed by atoms with E-state index in [1.807, 2.05) is 0 Å². The zero-order chi connectivity index (χ0) is 26.8. The van der Waals surface area contributed by atoms with E-state index in [2.05, 4.69) is 17.0 Å². The summed E-state index contributed by atoms with van der Waals surface area (Å²) in [5.74, 6) is -1.23. The van der Waals surface area contributed by atoms with Crippen molar-refractivity contribution in [2.24, 2.45) is 0 Å². The normalized spacial score (nSPS) is 25.3. The predicted octanol–water partition coefficient (Wildman–Crippen LogP) is 5.90. The molecule has 0 N–H and O–H groups in total. The van der Waals surface area contributed by atoms with Crippen LogP contribution in [0.4, 0.5) is 22.4 Å². The van der Waals surface area contributed by atoms with E-state index in [-0.39, 0.29) is 29.3 Å². The number of carbonyl (C=O) groups excluding carboxylic acids is 2. The highest BCUT2D eigenvalue weighted by Crippen LogP contribution is 2.41. The highest BCUT2D eigenvalue weighted by Gasteiger charge is 2.46. The third kappa shape index (κ3) is 4.41. The van der Waals surface area contributed by atoms with Crippen LogP contribution in [0.5, 0.6) is 0 Å². The number of nitrogens with zero attached hydrogens (tertiary/aromatic N) is 4. The monoisotopic (exact) mass is 544 g/mol. The van der Waals surface area contributed by atoms with Crippen molar-refractivity contribution in [3.63, 3.8) is 0 Å². The fraction of sp³-hybridized carbons (Fsp3) is 0.370. The number of halogens is 4. The average molecular weight is 545 g/mol. The van der Waals surface area contributed by atoms with Gasteiger partial charge in [-0.25, -0.2) is 4.39 Å². The number of alkyl halides is 3. The molecule has 0 radical (unpaired) electrons. The van der Waals surface area contributed by atoms with Crippen molar-refractivity contribution < 1.29 is 27.2 Å². The van der Waals surface area contributed by atoms with E-state index >= 15 is 0 Å². The van der Waals surface area contributed by atoms with E-state index in [0.29, 0.717) is 39.5 Å². The molecule has 2 aromatic carbocycles. The Hall–Kier alpha value is -3.18. The Labute approximate surface area is 220 Å². The summed E-state index contributed by atoms with van der Waals surface area (Å²) >= 11 is 0.938. The number of amides is 2. The van der Waals surface area contributed by atoms with Crippen LogP contribution in [0.15, 0.2) is 47.5 Å². The summed E-state index contributed by atoms with van der Waals surface area (Å²) in [7, 11) is 2.11. The van der Waals surface area contributed by atoms with Crippen LogP contribution in [0.2, 0.25) is 0 Å². The lowest BCUT2D eigenvalue weighted by Crippen LogP contribution is -2.50. The lowest BCUT2D eigenvalue weighted by Gasteiger charge is -2.39. The maximum absolute atomic E-state index is 13.5. The average Bonchev–Trinajstić information content (AvgIpc) is 3.43. The third-order valence-electron chi connectivity index (χ3n) is 7.92. The lowest BCUT2D eigenvalue weighted by atomic mass is 9.96. The van der Waals surface area contributed by atoms with Gasteiger partial charge in [0.1, 0.15) is 5.82 Å². The summed E-state index contributed by atoms with van der Waals surface area (Å²) in [5, 5.41) is 4.65. The van der Waals surface area contributed by atoms with Gasteiger partial charge in [0.2, 0.25) is 0 Å². The molecule has 6 nitrogen and oxygen atoms in total. The molecule has 3 saturated heterocycles. The SMILES string of the molecule is CN1[C@@H]2CC[C@H]1CC(N1C(=O)SC(=Cc3ccc4c(cnn4Cc4ccc(F)cc4C(F)(F)F)c3)C1=O)C2. The van der Waals surface area contributed by atoms with Crippen LogP contribution in [-0.2, 0) is 17.5 Å². The molecule has 6 rings (SSSR count). The topological polar surface area (TPSA) is 58.4 Å². The maximum atomic E-state index is 13.5. The first-order valence-electron chi connectivity index (χ1n) is 12.4. The van der Waals surface area contributed by atoms with Crippen LogP contribution >= 0.6 is 11.8 Å². The lowest BCUT2D eigenvalue weighted by molar-refractivity contribution is -0.138. The molecule has 1 aromatic heterocycles. The largest absolute Gasteiger partial charge is 0.416 e. The minimum absolute atomic E-state index is 0.0872. The molecule has 0 spiro atoms. The minimum atomic E-state index is -4.69. The molecule has 11 heteroatoms. The maximum Gasteiger partial charge on any atom is 0.416 e. The van der Waals surface area contributed by atoms with Gasteiger partial charge in [0, 0.05) is 23.5 Å². The molecule has 4 heterocycles. The first-order valence-corrected chi connectivity index (χ1v) is 13.2. The first-order chi connectivity index (χ1) is 18.1. The Bertz CT molecular complexity index is 1470. The Morgan fingerprint density at radius 1 is 1.05 bits per heavy atom. The number of carbonyl (C=O) groups is 2. The molecular formula is C27H24F4N4O2S. The summed E-state index contributed by atoms with van der Waals surface area (Å²) in [4.78, 5) is 30.2. The van der Waals surface area contributed by atoms with Gasteiger partial charge in [0.25, 0.3) is 11.1 Å². The van der Waals surface area contributed by atoms with Gasteiger partial charge in [-0.1, -0.05) is 12.1 Å². The number of fused-ring (bicyclic) bond motifs is 3. The van der Waals surface area contributed by atoms with Crippen LogP contribution in [0.25, 0.3) is 17.0 Å². The standard InChI is InChI=1S/C27H24F4N4O2S/c1-33-19-5-6-20(33)12-21(11-19)35-25(36)24(38-26(35)37)9-15-2-7-23-17(8-15)13-32-34(23)14-16-3-4-18(28)10-22(16)27(29,30)31/h2-4,7-10,13,19-21H,5-6,11-12,14H2,1H3/t19-,20+,21?. The number of benzene rings is 2. The Morgan fingerprint density at radius 3 is 2.50 bits per heavy atom. The molecule has 1 unspecified atom stereocenters. The number of aromatic nitrogens is 2. The van der Waals surface area contributed by atoms with Crippen LogP contribution in [0.3, 0.4) is 0 Å². The number of imide groups is 1. The smallest absolute Gasteiger partial charge is 0.300 e. The van der Waals surface area contributed by atoms with Gasteiger partial charge in [0.05, 0.1) is 28.7 Å². The molecule has 0 aliphatic carbocycles. The van der Waals surface area contributed by atoms with Gasteiger partial charge in [-0.15, -0.1) is 0 Å². The highest BCUT2D eigenvalue weighted by atomic mass is 32.2. The fourth-order valence-electron chi connectivity index (χ4n) is 5.97. The van der Waals surface area contributed by atoms with Crippen LogP contribution in [-0.4, -0.2) is 55.9 Å². The predicted molar refractivity (Wildman–Crippen MR) is 136 cm³/mol. The number of thioether (sulfide) groups is 1. The van der Waals surface area contributed by atoms with Gasteiger partial charge in [-0.3, -0.25) is 19.2 Å². The van der Waals surface area contributed by atoms with E-state index in [1.54, 1.807) is 24.3 Å². The second-order valence-corrected chi connectivity index (χ2v) is 11.1. The summed E-state index contributed by atoms with van der Waals surface area (Å²) in [5.41, 5.74) is 0.147. The van der Waals surface area contributed by atoms with Crippen LogP contribution in [0, 0.1) is 5.82 Å². The van der Waals surface area contributed by atoms with Crippen molar-refractivity contribution >= 4 is 39.9 Å². The van der Waals surface area contributed by atoms with Gasteiger partial charge >= 0.3 is 6.18 Å². The van der Waals surface area contributed by atoms with Crippen molar-refractivity contribution in [3.05, 3.63) is 70.0 Å². The second-order valence-electron chi connectivity index (χ2n) is 10.1. The van der Waals surface area contributed by atoms with Crippen molar-refractivity contribution in [3.8, 4) is 0 Å². The summed E-state index contributed by atoms with van der Waals surface area (Å²) in [6.07, 6.45) is 2.30. The number of hydrogen-bond acceptors (Lipinski definition) is 5.